The lowest BCUT2D eigenvalue weighted by atomic mass is 9.71. The largest absolute Gasteiger partial charge is 0.385 e. The molecule has 1 heterocycles. The minimum atomic E-state index is -0.297. The van der Waals surface area contributed by atoms with Crippen LogP contribution in [-0.2, 0) is 4.74 Å². The lowest BCUT2D eigenvalue weighted by molar-refractivity contribution is -0.909. The van der Waals surface area contributed by atoms with Gasteiger partial charge in [0.1, 0.15) is 12.6 Å². The van der Waals surface area contributed by atoms with Crippen LogP contribution in [0.3, 0.4) is 0 Å². The fourth-order valence-corrected chi connectivity index (χ4v) is 4.40. The van der Waals surface area contributed by atoms with E-state index in [4.69, 9.17) is 4.74 Å². The fraction of sp³-hybridized carbons (Fsp3) is 1.00. The molecule has 1 aliphatic carbocycles. The molecule has 3 heteroatoms. The van der Waals surface area contributed by atoms with E-state index >= 15 is 0 Å². The van der Waals surface area contributed by atoms with Gasteiger partial charge in [-0.25, -0.2) is 0 Å². The van der Waals surface area contributed by atoms with Crippen LogP contribution in [0, 0.1) is 17.3 Å². The number of likely N-dealkylation sites (tertiary alicyclic amines) is 1. The molecule has 0 aromatic heterocycles. The molecular formula is C18H36NO2+. The van der Waals surface area contributed by atoms with Gasteiger partial charge in [-0.3, -0.25) is 0 Å². The Morgan fingerprint density at radius 2 is 1.81 bits per heavy atom. The summed E-state index contributed by atoms with van der Waals surface area (Å²) < 4.78 is 6.05. The first-order valence-corrected chi connectivity index (χ1v) is 8.97. The summed E-state index contributed by atoms with van der Waals surface area (Å²) in [5.41, 5.74) is 0.390. The number of piperidine rings is 1. The van der Waals surface area contributed by atoms with Crippen molar-refractivity contribution in [1.82, 2.24) is 0 Å². The van der Waals surface area contributed by atoms with Crippen molar-refractivity contribution in [1.29, 1.82) is 0 Å². The van der Waals surface area contributed by atoms with Crippen LogP contribution >= 0.6 is 0 Å². The van der Waals surface area contributed by atoms with Crippen LogP contribution in [0.4, 0.5) is 0 Å². The average Bonchev–Trinajstić information content (AvgIpc) is 2.37. The van der Waals surface area contributed by atoms with Crippen LogP contribution in [0.1, 0.15) is 59.8 Å². The Morgan fingerprint density at radius 3 is 2.43 bits per heavy atom. The second kappa shape index (κ2) is 7.43. The summed E-state index contributed by atoms with van der Waals surface area (Å²) in [4.78, 5) is 1.56. The Hall–Kier alpha value is -0.120. The quantitative estimate of drug-likeness (QED) is 0.813. The zero-order chi connectivity index (χ0) is 15.5. The maximum atomic E-state index is 10.2. The third kappa shape index (κ3) is 5.88. The minimum absolute atomic E-state index is 0.297. The Kier molecular flexibility index (Phi) is 6.10. The van der Waals surface area contributed by atoms with Crippen LogP contribution in [0.25, 0.3) is 0 Å². The fourth-order valence-electron chi connectivity index (χ4n) is 4.40. The molecule has 0 bridgehead atoms. The Morgan fingerprint density at radius 1 is 1.14 bits per heavy atom. The molecule has 2 aliphatic rings. The molecule has 1 saturated carbocycles. The lowest BCUT2D eigenvalue weighted by Gasteiger charge is -2.39. The van der Waals surface area contributed by atoms with E-state index in [-0.39, 0.29) is 6.10 Å². The molecule has 0 unspecified atom stereocenters. The number of aliphatic hydroxyl groups excluding tert-OH is 1. The molecule has 0 radical (unpaired) electrons. The van der Waals surface area contributed by atoms with Gasteiger partial charge >= 0.3 is 0 Å². The van der Waals surface area contributed by atoms with Gasteiger partial charge in [-0.15, -0.1) is 0 Å². The van der Waals surface area contributed by atoms with E-state index in [0.29, 0.717) is 18.1 Å². The van der Waals surface area contributed by atoms with Crippen LogP contribution in [0.15, 0.2) is 0 Å². The molecule has 0 aromatic carbocycles. The summed E-state index contributed by atoms with van der Waals surface area (Å²) in [6.45, 7) is 13.2. The second-order valence-electron chi connectivity index (χ2n) is 8.66. The SMILES string of the molecule is CC1CC[NH+](C[C@H](O)CO[C@H]2C[C@H](C)CC(C)(C)C2)CC1. The summed E-state index contributed by atoms with van der Waals surface area (Å²) in [6, 6.07) is 0. The topological polar surface area (TPSA) is 33.9 Å². The van der Waals surface area contributed by atoms with Crippen molar-refractivity contribution in [2.24, 2.45) is 17.3 Å². The standard InChI is InChI=1S/C18H35NO2/c1-14-5-7-19(8-6-14)12-16(20)13-21-17-9-15(2)10-18(3,4)11-17/h14-17,20H,5-13H2,1-4H3/p+1/t15-,16-,17-/m0/s1. The molecule has 2 rings (SSSR count). The van der Waals surface area contributed by atoms with Crippen molar-refractivity contribution in [3.05, 3.63) is 0 Å². The van der Waals surface area contributed by atoms with Crippen molar-refractivity contribution < 1.29 is 14.7 Å². The predicted octanol–water partition coefficient (Wildman–Crippen LogP) is 1.89. The van der Waals surface area contributed by atoms with Gasteiger partial charge in [0.2, 0.25) is 0 Å². The summed E-state index contributed by atoms with van der Waals surface area (Å²) in [5.74, 6) is 1.61. The molecule has 0 spiro atoms. The molecule has 1 aliphatic heterocycles. The van der Waals surface area contributed by atoms with E-state index in [1.165, 1.54) is 32.4 Å². The van der Waals surface area contributed by atoms with Crippen LogP contribution in [0.2, 0.25) is 0 Å². The normalized spacial score (nSPS) is 38.1. The molecule has 0 amide bonds. The molecule has 21 heavy (non-hydrogen) atoms. The predicted molar refractivity (Wildman–Crippen MR) is 86.5 cm³/mol. The van der Waals surface area contributed by atoms with Crippen molar-refractivity contribution >= 4 is 0 Å². The van der Waals surface area contributed by atoms with E-state index < -0.39 is 0 Å². The third-order valence-electron chi connectivity index (χ3n) is 5.38. The number of aliphatic hydroxyl groups is 1. The number of hydrogen-bond donors (Lipinski definition) is 2. The highest BCUT2D eigenvalue weighted by Gasteiger charge is 2.33. The summed E-state index contributed by atoms with van der Waals surface area (Å²) in [5, 5.41) is 10.2. The summed E-state index contributed by atoms with van der Waals surface area (Å²) in [7, 11) is 0. The van der Waals surface area contributed by atoms with Gasteiger partial charge in [0.15, 0.2) is 0 Å². The van der Waals surface area contributed by atoms with Crippen LogP contribution in [0.5, 0.6) is 0 Å². The molecule has 0 aromatic rings. The van der Waals surface area contributed by atoms with E-state index in [1.54, 1.807) is 4.90 Å². The van der Waals surface area contributed by atoms with Crippen molar-refractivity contribution in [3.63, 3.8) is 0 Å². The van der Waals surface area contributed by atoms with E-state index in [2.05, 4.69) is 27.7 Å². The molecular weight excluding hydrogens is 262 g/mol. The number of rotatable bonds is 5. The second-order valence-corrected chi connectivity index (χ2v) is 8.66. The third-order valence-corrected chi connectivity index (χ3v) is 5.38. The highest BCUT2D eigenvalue weighted by atomic mass is 16.5. The van der Waals surface area contributed by atoms with Crippen LogP contribution in [-0.4, -0.2) is 43.6 Å². The van der Waals surface area contributed by atoms with Crippen molar-refractivity contribution in [2.45, 2.75) is 72.0 Å². The van der Waals surface area contributed by atoms with Gasteiger partial charge in [-0.2, -0.15) is 0 Å². The highest BCUT2D eigenvalue weighted by Crippen LogP contribution is 2.39. The molecule has 2 fully saturated rings. The number of quaternary nitrogens is 1. The first-order chi connectivity index (χ1) is 9.84. The minimum Gasteiger partial charge on any atom is -0.385 e. The van der Waals surface area contributed by atoms with Gasteiger partial charge in [0, 0.05) is 0 Å². The lowest BCUT2D eigenvalue weighted by Crippen LogP contribution is -3.14. The molecule has 2 N–H and O–H groups in total. The van der Waals surface area contributed by atoms with E-state index in [0.717, 1.165) is 31.2 Å². The van der Waals surface area contributed by atoms with Crippen molar-refractivity contribution in [2.75, 3.05) is 26.2 Å². The Labute approximate surface area is 131 Å². The number of ether oxygens (including phenoxy) is 1. The van der Waals surface area contributed by atoms with E-state index in [1.807, 2.05) is 0 Å². The zero-order valence-corrected chi connectivity index (χ0v) is 14.5. The Bertz CT molecular complexity index is 310. The molecule has 3 atom stereocenters. The number of hydrogen-bond acceptors (Lipinski definition) is 2. The average molecular weight is 298 g/mol. The smallest absolute Gasteiger partial charge is 0.126 e. The van der Waals surface area contributed by atoms with Gasteiger partial charge in [0.25, 0.3) is 0 Å². The summed E-state index contributed by atoms with van der Waals surface area (Å²) in [6.07, 6.45) is 6.24. The van der Waals surface area contributed by atoms with Crippen LogP contribution < -0.4 is 4.90 Å². The Balaban J connectivity index is 1.67. The zero-order valence-electron chi connectivity index (χ0n) is 14.5. The molecule has 124 valence electrons. The number of nitrogens with one attached hydrogen (secondary N) is 1. The van der Waals surface area contributed by atoms with Gasteiger partial charge in [-0.05, 0) is 49.4 Å². The molecule has 3 nitrogen and oxygen atoms in total. The highest BCUT2D eigenvalue weighted by molar-refractivity contribution is 4.83. The van der Waals surface area contributed by atoms with Gasteiger partial charge in [-0.1, -0.05) is 27.7 Å². The first-order valence-electron chi connectivity index (χ1n) is 8.97. The molecule has 1 saturated heterocycles. The maximum absolute atomic E-state index is 10.2. The summed E-state index contributed by atoms with van der Waals surface area (Å²) >= 11 is 0. The first kappa shape index (κ1) is 17.2. The van der Waals surface area contributed by atoms with Gasteiger partial charge in [0.05, 0.1) is 25.8 Å². The maximum Gasteiger partial charge on any atom is 0.126 e. The van der Waals surface area contributed by atoms with Gasteiger partial charge < -0.3 is 14.7 Å². The monoisotopic (exact) mass is 298 g/mol. The van der Waals surface area contributed by atoms with E-state index in [9.17, 15) is 5.11 Å². The van der Waals surface area contributed by atoms with Crippen molar-refractivity contribution in [3.8, 4) is 0 Å².